The SMILES string of the molecule is CN=C(NCCCN1CCC(C)CC1)NCc1ccc(OCc2ccccn2)cc1.I. The molecule has 1 saturated heterocycles. The number of hydrogen-bond acceptors (Lipinski definition) is 4. The van der Waals surface area contributed by atoms with Gasteiger partial charge >= 0.3 is 0 Å². The van der Waals surface area contributed by atoms with Gasteiger partial charge in [-0.05, 0) is 74.6 Å². The van der Waals surface area contributed by atoms with Gasteiger partial charge in [-0.15, -0.1) is 24.0 Å². The minimum atomic E-state index is 0. The Labute approximate surface area is 203 Å². The summed E-state index contributed by atoms with van der Waals surface area (Å²) < 4.78 is 5.79. The van der Waals surface area contributed by atoms with Crippen molar-refractivity contribution in [3.05, 3.63) is 59.9 Å². The van der Waals surface area contributed by atoms with E-state index in [0.29, 0.717) is 6.61 Å². The molecule has 31 heavy (non-hydrogen) atoms. The Morgan fingerprint density at radius 1 is 1.13 bits per heavy atom. The van der Waals surface area contributed by atoms with Gasteiger partial charge in [0.2, 0.25) is 0 Å². The Balaban J connectivity index is 0.00000341. The number of pyridine rings is 1. The number of aromatic nitrogens is 1. The first-order valence-corrected chi connectivity index (χ1v) is 11.0. The highest BCUT2D eigenvalue weighted by molar-refractivity contribution is 14.0. The first kappa shape index (κ1) is 25.4. The number of guanidine groups is 1. The summed E-state index contributed by atoms with van der Waals surface area (Å²) in [6.07, 6.45) is 5.59. The number of halogens is 1. The second kappa shape index (κ2) is 14.2. The third-order valence-corrected chi connectivity index (χ3v) is 5.54. The number of aliphatic imine (C=N–C) groups is 1. The van der Waals surface area contributed by atoms with Crippen LogP contribution in [-0.2, 0) is 13.2 Å². The summed E-state index contributed by atoms with van der Waals surface area (Å²) in [5.41, 5.74) is 2.11. The van der Waals surface area contributed by atoms with E-state index in [2.05, 4.69) is 44.6 Å². The molecule has 0 atom stereocenters. The lowest BCUT2D eigenvalue weighted by Crippen LogP contribution is -2.39. The van der Waals surface area contributed by atoms with E-state index in [-0.39, 0.29) is 24.0 Å². The minimum absolute atomic E-state index is 0. The molecule has 1 fully saturated rings. The smallest absolute Gasteiger partial charge is 0.191 e. The van der Waals surface area contributed by atoms with Crippen molar-refractivity contribution in [2.24, 2.45) is 10.9 Å². The number of likely N-dealkylation sites (tertiary alicyclic amines) is 1. The first-order valence-electron chi connectivity index (χ1n) is 11.0. The second-order valence-corrected chi connectivity index (χ2v) is 7.98. The first-order chi connectivity index (χ1) is 14.7. The fourth-order valence-electron chi connectivity index (χ4n) is 3.55. The molecule has 170 valence electrons. The summed E-state index contributed by atoms with van der Waals surface area (Å²) >= 11 is 0. The van der Waals surface area contributed by atoms with Crippen molar-refractivity contribution in [3.63, 3.8) is 0 Å². The van der Waals surface area contributed by atoms with Gasteiger partial charge in [0.15, 0.2) is 5.96 Å². The third-order valence-electron chi connectivity index (χ3n) is 5.54. The van der Waals surface area contributed by atoms with Gasteiger partial charge in [-0.3, -0.25) is 9.98 Å². The van der Waals surface area contributed by atoms with Crippen LogP contribution in [0.3, 0.4) is 0 Å². The Morgan fingerprint density at radius 2 is 1.90 bits per heavy atom. The number of rotatable bonds is 9. The predicted octanol–water partition coefficient (Wildman–Crippen LogP) is 4.07. The van der Waals surface area contributed by atoms with Gasteiger partial charge in [0, 0.05) is 26.3 Å². The van der Waals surface area contributed by atoms with Crippen molar-refractivity contribution in [1.29, 1.82) is 0 Å². The third kappa shape index (κ3) is 9.43. The topological polar surface area (TPSA) is 61.8 Å². The van der Waals surface area contributed by atoms with Crippen LogP contribution in [0.2, 0.25) is 0 Å². The highest BCUT2D eigenvalue weighted by atomic mass is 127. The Morgan fingerprint density at radius 3 is 2.58 bits per heavy atom. The number of piperidine rings is 1. The molecule has 1 aromatic carbocycles. The number of benzene rings is 1. The molecule has 2 heterocycles. The van der Waals surface area contributed by atoms with Crippen molar-refractivity contribution < 1.29 is 4.74 Å². The van der Waals surface area contributed by atoms with Crippen molar-refractivity contribution in [2.45, 2.75) is 39.3 Å². The Kier molecular flexibility index (Phi) is 11.7. The molecule has 3 rings (SSSR count). The van der Waals surface area contributed by atoms with Crippen LogP contribution >= 0.6 is 24.0 Å². The molecule has 1 aliphatic rings. The van der Waals surface area contributed by atoms with E-state index >= 15 is 0 Å². The maximum Gasteiger partial charge on any atom is 0.191 e. The van der Waals surface area contributed by atoms with Gasteiger partial charge in [-0.1, -0.05) is 25.1 Å². The summed E-state index contributed by atoms with van der Waals surface area (Å²) in [7, 11) is 1.82. The normalized spacial score (nSPS) is 15.2. The van der Waals surface area contributed by atoms with Crippen LogP contribution in [0.4, 0.5) is 0 Å². The van der Waals surface area contributed by atoms with Gasteiger partial charge < -0.3 is 20.3 Å². The van der Waals surface area contributed by atoms with E-state index in [1.54, 1.807) is 6.20 Å². The maximum absolute atomic E-state index is 5.79. The molecule has 0 unspecified atom stereocenters. The molecule has 1 aliphatic heterocycles. The number of ether oxygens (including phenoxy) is 1. The number of nitrogens with zero attached hydrogens (tertiary/aromatic N) is 3. The number of hydrogen-bond donors (Lipinski definition) is 2. The van der Waals surface area contributed by atoms with Crippen LogP contribution in [0, 0.1) is 5.92 Å². The zero-order chi connectivity index (χ0) is 21.0. The second-order valence-electron chi connectivity index (χ2n) is 7.98. The Bertz CT molecular complexity index is 761. The van der Waals surface area contributed by atoms with Crippen molar-refractivity contribution in [2.75, 3.05) is 33.2 Å². The van der Waals surface area contributed by atoms with Crippen molar-refractivity contribution >= 4 is 29.9 Å². The molecule has 0 bridgehead atoms. The molecule has 2 aromatic rings. The van der Waals surface area contributed by atoms with Crippen molar-refractivity contribution in [1.82, 2.24) is 20.5 Å². The molecule has 0 spiro atoms. The predicted molar refractivity (Wildman–Crippen MR) is 138 cm³/mol. The zero-order valence-electron chi connectivity index (χ0n) is 18.7. The molecule has 0 aliphatic carbocycles. The van der Waals surface area contributed by atoms with Gasteiger partial charge in [-0.25, -0.2) is 0 Å². The van der Waals surface area contributed by atoms with Crippen molar-refractivity contribution in [3.8, 4) is 5.75 Å². The summed E-state index contributed by atoms with van der Waals surface area (Å²) in [5.74, 6) is 2.58. The van der Waals surface area contributed by atoms with Gasteiger partial charge in [0.05, 0.1) is 5.69 Å². The lowest BCUT2D eigenvalue weighted by Gasteiger charge is -2.30. The van der Waals surface area contributed by atoms with E-state index < -0.39 is 0 Å². The average molecular weight is 537 g/mol. The highest BCUT2D eigenvalue weighted by Crippen LogP contribution is 2.16. The standard InChI is InChI=1S/C24H35N5O.HI/c1-20-11-16-29(17-12-20)15-5-14-27-24(25-2)28-18-21-7-9-23(10-8-21)30-19-22-6-3-4-13-26-22;/h3-4,6-10,13,20H,5,11-12,14-19H2,1-2H3,(H2,25,27,28);1H. The summed E-state index contributed by atoms with van der Waals surface area (Å²) in [6, 6.07) is 14.0. The van der Waals surface area contributed by atoms with Crippen LogP contribution in [0.1, 0.15) is 37.4 Å². The minimum Gasteiger partial charge on any atom is -0.487 e. The van der Waals surface area contributed by atoms with Crippen LogP contribution in [0.25, 0.3) is 0 Å². The molecular weight excluding hydrogens is 501 g/mol. The fraction of sp³-hybridized carbons (Fsp3) is 0.500. The summed E-state index contributed by atoms with van der Waals surface area (Å²) in [5, 5.41) is 6.80. The zero-order valence-corrected chi connectivity index (χ0v) is 21.0. The lowest BCUT2D eigenvalue weighted by atomic mass is 9.99. The monoisotopic (exact) mass is 537 g/mol. The van der Waals surface area contributed by atoms with Crippen LogP contribution in [-0.4, -0.2) is 49.1 Å². The highest BCUT2D eigenvalue weighted by Gasteiger charge is 2.14. The summed E-state index contributed by atoms with van der Waals surface area (Å²) in [6.45, 7) is 8.15. The quantitative estimate of drug-likeness (QED) is 0.219. The molecule has 0 amide bonds. The van der Waals surface area contributed by atoms with E-state index in [9.17, 15) is 0 Å². The molecule has 2 N–H and O–H groups in total. The summed E-state index contributed by atoms with van der Waals surface area (Å²) in [4.78, 5) is 11.2. The van der Waals surface area contributed by atoms with Gasteiger partial charge in [-0.2, -0.15) is 0 Å². The van der Waals surface area contributed by atoms with E-state index in [1.165, 1.54) is 31.5 Å². The lowest BCUT2D eigenvalue weighted by molar-refractivity contribution is 0.191. The maximum atomic E-state index is 5.79. The molecule has 7 heteroatoms. The molecule has 0 saturated carbocycles. The number of nitrogens with one attached hydrogen (secondary N) is 2. The van der Waals surface area contributed by atoms with Crippen LogP contribution < -0.4 is 15.4 Å². The molecular formula is C24H36IN5O. The van der Waals surface area contributed by atoms with E-state index in [4.69, 9.17) is 4.74 Å². The van der Waals surface area contributed by atoms with E-state index in [0.717, 1.165) is 49.4 Å². The largest absolute Gasteiger partial charge is 0.487 e. The molecule has 0 radical (unpaired) electrons. The van der Waals surface area contributed by atoms with Crippen LogP contribution in [0.5, 0.6) is 5.75 Å². The van der Waals surface area contributed by atoms with E-state index in [1.807, 2.05) is 37.4 Å². The molecule has 6 nitrogen and oxygen atoms in total. The van der Waals surface area contributed by atoms with Gasteiger partial charge in [0.25, 0.3) is 0 Å². The average Bonchev–Trinajstić information content (AvgIpc) is 2.80. The molecule has 1 aromatic heterocycles. The van der Waals surface area contributed by atoms with Crippen LogP contribution in [0.15, 0.2) is 53.7 Å². The van der Waals surface area contributed by atoms with Gasteiger partial charge in [0.1, 0.15) is 12.4 Å². The fourth-order valence-corrected chi connectivity index (χ4v) is 3.55. The Hall–Kier alpha value is -1.87.